The molecule has 434 valence electrons. The Labute approximate surface area is 508 Å². The quantitative estimate of drug-likeness (QED) is 0.162. The smallest absolute Gasteiger partial charge is 0.173 e. The number of rotatable bonds is 2. The summed E-state index contributed by atoms with van der Waals surface area (Å²) in [6.45, 7) is 4.63. The van der Waals surface area contributed by atoms with E-state index in [1.807, 2.05) is 14.2 Å². The van der Waals surface area contributed by atoms with Gasteiger partial charge in [0.15, 0.2) is 75.8 Å². The van der Waals surface area contributed by atoms with Gasteiger partial charge in [0.2, 0.25) is 0 Å². The fraction of sp³-hybridized carbons (Fsp3) is 0.359. The lowest BCUT2D eigenvalue weighted by atomic mass is 9.64. The second-order valence-electron chi connectivity index (χ2n) is 25.8. The topological polar surface area (TPSA) is 52.4 Å². The Kier molecular flexibility index (Phi) is 15.2. The zero-order chi connectivity index (χ0) is 57.5. The molecule has 4 atom stereocenters. The summed E-state index contributed by atoms with van der Waals surface area (Å²) in [6, 6.07) is 47.3. The average molecular weight is 1140 g/mol. The van der Waals surface area contributed by atoms with Crippen molar-refractivity contribution in [3.63, 3.8) is 0 Å². The predicted molar refractivity (Wildman–Crippen MR) is 337 cm³/mol. The van der Waals surface area contributed by atoms with Crippen LogP contribution in [0.15, 0.2) is 171 Å². The van der Waals surface area contributed by atoms with Crippen LogP contribution in [0, 0.1) is 0 Å². The minimum atomic E-state index is 0.309. The van der Waals surface area contributed by atoms with E-state index in [1.165, 1.54) is 100 Å². The average Bonchev–Trinajstić information content (AvgIpc) is 1.10. The summed E-state index contributed by atoms with van der Waals surface area (Å²) in [5, 5.41) is 0. The lowest BCUT2D eigenvalue weighted by Crippen LogP contribution is -2.34. The lowest BCUT2D eigenvalue weighted by molar-refractivity contribution is -0.697. The number of aryl methyl sites for hydroxylation is 6. The van der Waals surface area contributed by atoms with E-state index in [4.69, 9.17) is 18.9 Å². The van der Waals surface area contributed by atoms with Crippen LogP contribution >= 0.6 is 0 Å². The highest BCUT2D eigenvalue weighted by Gasteiger charge is 2.41. The van der Waals surface area contributed by atoms with Crippen LogP contribution in [0.3, 0.4) is 0 Å². The summed E-state index contributed by atoms with van der Waals surface area (Å²) in [5.74, 6) is 5.57. The second-order valence-corrected chi connectivity index (χ2v) is 25.8. The third-order valence-corrected chi connectivity index (χ3v) is 20.3. The zero-order valence-corrected chi connectivity index (χ0v) is 50.5. The molecular weight excluding hydrogens is 1060 g/mol. The maximum atomic E-state index is 7.39. The fourth-order valence-corrected chi connectivity index (χ4v) is 15.5. The van der Waals surface area contributed by atoms with E-state index in [0.29, 0.717) is 36.9 Å². The normalized spacial score (nSPS) is 19.8. The van der Waals surface area contributed by atoms with Crippen molar-refractivity contribution in [2.75, 3.05) is 27.4 Å². The Balaban J connectivity index is 0.841. The molecule has 4 aromatic heterocycles. The first kappa shape index (κ1) is 54.5. The molecule has 4 unspecified atom stereocenters. The van der Waals surface area contributed by atoms with Gasteiger partial charge in [-0.05, 0) is 190 Å². The highest BCUT2D eigenvalue weighted by atomic mass is 16.5. The van der Waals surface area contributed by atoms with Crippen molar-refractivity contribution in [1.29, 1.82) is 0 Å². The maximum absolute atomic E-state index is 7.39. The molecule has 86 heavy (non-hydrogen) atoms. The first-order chi connectivity index (χ1) is 42.4. The molecule has 0 spiro atoms. The number of fused-ring (bicyclic) bond motifs is 4. The van der Waals surface area contributed by atoms with Crippen LogP contribution in [0.25, 0.3) is 22.3 Å². The molecule has 13 aliphatic heterocycles. The summed E-state index contributed by atoms with van der Waals surface area (Å²) in [4.78, 5) is 0. The number of hydrogen-bond acceptors (Lipinski definition) is 4. The Morgan fingerprint density at radius 1 is 0.337 bits per heavy atom. The molecular formula is C78H82N4O4+4. The van der Waals surface area contributed by atoms with Gasteiger partial charge in [0.05, 0.1) is 27.4 Å². The first-order valence-electron chi connectivity index (χ1n) is 32.4. The maximum Gasteiger partial charge on any atom is 0.173 e. The Bertz CT molecular complexity index is 3670. The minimum Gasteiger partial charge on any atom is -0.496 e. The van der Waals surface area contributed by atoms with Crippen molar-refractivity contribution in [2.24, 2.45) is 0 Å². The number of methoxy groups -OCH3 is 2. The van der Waals surface area contributed by atoms with E-state index in [9.17, 15) is 0 Å². The standard InChI is InChI=1S/C78H82N4O4/c1-83-75-63-41-55-9-3-5-12-58-44-66-50-64-42-56-10-4-6-11-57-43-65(49-63)77(74(48-57)70-20-18-68(70)72(46-56)76(64)84-2)85-39-7-29-79-31-21-59(22-32-79)61-25-35-81(36-26-61)51-53-13-15-54(16-14-53)52-82-37-27-62(28-38-82)60-23-33-80(34-24-60)30-8-40-86-78(66)73(47-58)69-19-17-67(69)71(75)45-55/h13-16,21-28,31-38,41-48,67-70H,3-12,17-20,29-30,39-40,49-52H2,1-2H3/q+4. The summed E-state index contributed by atoms with van der Waals surface area (Å²) in [7, 11) is 3.84. The molecule has 9 aromatic rings. The van der Waals surface area contributed by atoms with Crippen molar-refractivity contribution >= 4 is 0 Å². The number of pyridine rings is 4. The third kappa shape index (κ3) is 11.1. The minimum absolute atomic E-state index is 0.309. The molecule has 8 nitrogen and oxygen atoms in total. The van der Waals surface area contributed by atoms with Crippen LogP contribution in [0.2, 0.25) is 0 Å². The molecule has 0 saturated heterocycles. The molecule has 18 aliphatic rings. The van der Waals surface area contributed by atoms with Gasteiger partial charge in [-0.3, -0.25) is 0 Å². The van der Waals surface area contributed by atoms with E-state index < -0.39 is 0 Å². The number of hydrogen-bond donors (Lipinski definition) is 0. The van der Waals surface area contributed by atoms with Gasteiger partial charge in [-0.1, -0.05) is 72.8 Å². The summed E-state index contributed by atoms with van der Waals surface area (Å²) in [6.07, 6.45) is 34.3. The molecule has 0 amide bonds. The number of benzene rings is 5. The van der Waals surface area contributed by atoms with Gasteiger partial charge in [-0.15, -0.1) is 0 Å². The molecule has 8 heteroatoms. The SMILES string of the molecule is COc1c2cc3cc1C1CCC1c1cc(cc4c1OCCC[n+]1ccc(cc1)-c1cc[n+](cc1)Cc1ccc(cc1)C[n+]1ccc(cc1)-c1cc[n+](cc1)CCCOc1c(cc5cc1C1CCC1c1cc(cc(c1OC)C4)CCCC5)C2)CCCC3. The van der Waals surface area contributed by atoms with Crippen LogP contribution in [0.1, 0.15) is 166 Å². The molecule has 5 aromatic carbocycles. The van der Waals surface area contributed by atoms with Crippen molar-refractivity contribution in [3.05, 3.63) is 249 Å². The van der Waals surface area contributed by atoms with Gasteiger partial charge in [0, 0.05) is 85.3 Å². The highest BCUT2D eigenvalue weighted by Crippen LogP contribution is 2.58. The monoisotopic (exact) mass is 1140 g/mol. The number of ether oxygens (including phenoxy) is 4. The molecule has 27 rings (SSSR count). The van der Waals surface area contributed by atoms with Crippen LogP contribution in [-0.4, -0.2) is 27.4 Å². The van der Waals surface area contributed by atoms with Crippen LogP contribution in [0.5, 0.6) is 23.0 Å². The van der Waals surface area contributed by atoms with Crippen molar-refractivity contribution in [3.8, 4) is 45.3 Å². The van der Waals surface area contributed by atoms with Crippen LogP contribution < -0.4 is 37.2 Å². The number of nitrogens with zero attached hydrogens (tertiary/aromatic N) is 4. The zero-order valence-electron chi connectivity index (χ0n) is 50.5. The third-order valence-electron chi connectivity index (χ3n) is 20.3. The summed E-state index contributed by atoms with van der Waals surface area (Å²) >= 11 is 0. The second kappa shape index (κ2) is 24.0. The first-order valence-corrected chi connectivity index (χ1v) is 32.4. The Morgan fingerprint density at radius 2 is 0.651 bits per heavy atom. The van der Waals surface area contributed by atoms with E-state index in [0.717, 1.165) is 152 Å². The lowest BCUT2D eigenvalue weighted by Gasteiger charge is -2.41. The van der Waals surface area contributed by atoms with Crippen molar-refractivity contribution < 1.29 is 37.2 Å². The van der Waals surface area contributed by atoms with Gasteiger partial charge in [-0.2, -0.15) is 0 Å². The summed E-state index contributed by atoms with van der Waals surface area (Å²) in [5.41, 5.74) is 23.9. The Morgan fingerprint density at radius 3 is 0.988 bits per heavy atom. The van der Waals surface area contributed by atoms with Gasteiger partial charge in [-0.25, -0.2) is 18.3 Å². The molecule has 2 fully saturated rings. The highest BCUT2D eigenvalue weighted by molar-refractivity contribution is 5.63. The largest absolute Gasteiger partial charge is 0.496 e. The van der Waals surface area contributed by atoms with Crippen molar-refractivity contribution in [1.82, 2.24) is 0 Å². The molecule has 0 N–H and O–H groups in total. The van der Waals surface area contributed by atoms with E-state index in [-0.39, 0.29) is 0 Å². The Hall–Kier alpha value is -8.10. The van der Waals surface area contributed by atoms with Gasteiger partial charge >= 0.3 is 0 Å². The summed E-state index contributed by atoms with van der Waals surface area (Å²) < 4.78 is 37.5. The molecule has 17 heterocycles. The van der Waals surface area contributed by atoms with E-state index in [2.05, 4.69) is 189 Å². The molecule has 0 radical (unpaired) electrons. The van der Waals surface area contributed by atoms with Crippen LogP contribution in [0.4, 0.5) is 0 Å². The van der Waals surface area contributed by atoms with Gasteiger partial charge in [0.1, 0.15) is 23.0 Å². The van der Waals surface area contributed by atoms with Crippen molar-refractivity contribution in [2.45, 2.75) is 153 Å². The fourth-order valence-electron chi connectivity index (χ4n) is 15.5. The molecule has 5 aliphatic carbocycles. The molecule has 24 bridgehead atoms. The number of aromatic nitrogens is 4. The van der Waals surface area contributed by atoms with Gasteiger partial charge in [0.25, 0.3) is 0 Å². The van der Waals surface area contributed by atoms with Gasteiger partial charge < -0.3 is 18.9 Å². The predicted octanol–water partition coefficient (Wildman–Crippen LogP) is 14.1. The van der Waals surface area contributed by atoms with E-state index in [1.54, 1.807) is 0 Å². The van der Waals surface area contributed by atoms with Crippen LogP contribution in [-0.2, 0) is 64.7 Å². The molecule has 2 saturated carbocycles. The van der Waals surface area contributed by atoms with E-state index >= 15 is 0 Å².